The number of sulfone groups is 1. The summed E-state index contributed by atoms with van der Waals surface area (Å²) in [5.74, 6) is -0.956. The lowest BCUT2D eigenvalue weighted by Crippen LogP contribution is -2.24. The fraction of sp³-hybridized carbons (Fsp3) is 0.333. The third-order valence-corrected chi connectivity index (χ3v) is 5.66. The smallest absolute Gasteiger partial charge is 0.228 e. The zero-order chi connectivity index (χ0) is 15.6. The van der Waals surface area contributed by atoms with Crippen molar-refractivity contribution in [1.29, 1.82) is 0 Å². The van der Waals surface area contributed by atoms with E-state index in [4.69, 9.17) is 10.9 Å². The first kappa shape index (κ1) is 15.8. The monoisotopic (exact) mass is 375 g/mol. The average molecular weight is 376 g/mol. The second-order valence-corrected chi connectivity index (χ2v) is 7.85. The van der Waals surface area contributed by atoms with Crippen molar-refractivity contribution < 1.29 is 18.4 Å². The fourth-order valence-corrected chi connectivity index (χ4v) is 4.29. The van der Waals surface area contributed by atoms with E-state index in [2.05, 4.69) is 26.4 Å². The minimum absolute atomic E-state index is 0.0459. The Morgan fingerprint density at radius 2 is 2.19 bits per heavy atom. The maximum Gasteiger partial charge on any atom is 0.228 e. The van der Waals surface area contributed by atoms with Gasteiger partial charge in [0.25, 0.3) is 0 Å². The second-order valence-electron chi connectivity index (χ2n) is 4.77. The van der Waals surface area contributed by atoms with E-state index < -0.39 is 15.8 Å². The van der Waals surface area contributed by atoms with Crippen LogP contribution < -0.4 is 11.1 Å². The van der Waals surface area contributed by atoms with Gasteiger partial charge < -0.3 is 16.3 Å². The minimum Gasteiger partial charge on any atom is -0.409 e. The summed E-state index contributed by atoms with van der Waals surface area (Å²) in [5.41, 5.74) is 6.46. The lowest BCUT2D eigenvalue weighted by atomic mass is 10.1. The SMILES string of the molecule is N/C(=N/O)c1ccc(NC(=O)C2CCS(=O)(=O)C2)c(Br)c1. The molecule has 4 N–H and O–H groups in total. The van der Waals surface area contributed by atoms with E-state index in [0.29, 0.717) is 22.1 Å². The van der Waals surface area contributed by atoms with Gasteiger partial charge in [0.05, 0.1) is 23.1 Å². The number of amidine groups is 1. The number of carbonyl (C=O) groups is 1. The summed E-state index contributed by atoms with van der Waals surface area (Å²) < 4.78 is 23.3. The number of rotatable bonds is 3. The number of nitrogens with one attached hydrogen (secondary N) is 1. The molecule has 1 aliphatic rings. The molecule has 1 unspecified atom stereocenters. The van der Waals surface area contributed by atoms with E-state index in [1.165, 1.54) is 0 Å². The summed E-state index contributed by atoms with van der Waals surface area (Å²) in [6.45, 7) is 0. The molecule has 114 valence electrons. The third kappa shape index (κ3) is 3.73. The van der Waals surface area contributed by atoms with Crippen molar-refractivity contribution in [1.82, 2.24) is 0 Å². The topological polar surface area (TPSA) is 122 Å². The van der Waals surface area contributed by atoms with Gasteiger partial charge in [-0.15, -0.1) is 0 Å². The number of carbonyl (C=O) groups excluding carboxylic acids is 1. The Kier molecular flexibility index (Phi) is 4.52. The number of oxime groups is 1. The molecule has 1 saturated heterocycles. The second kappa shape index (κ2) is 6.02. The van der Waals surface area contributed by atoms with Crippen LogP contribution in [0.3, 0.4) is 0 Å². The summed E-state index contributed by atoms with van der Waals surface area (Å²) in [5, 5.41) is 14.2. The Labute approximate surface area is 130 Å². The van der Waals surface area contributed by atoms with Crippen LogP contribution in [0.4, 0.5) is 5.69 Å². The van der Waals surface area contributed by atoms with Crippen molar-refractivity contribution in [3.8, 4) is 0 Å². The maximum absolute atomic E-state index is 12.0. The van der Waals surface area contributed by atoms with E-state index in [0.717, 1.165) is 0 Å². The number of benzene rings is 1. The Balaban J connectivity index is 2.12. The van der Waals surface area contributed by atoms with Gasteiger partial charge in [0.2, 0.25) is 5.91 Å². The molecule has 1 fully saturated rings. The number of hydrogen-bond acceptors (Lipinski definition) is 5. The number of nitrogens with zero attached hydrogens (tertiary/aromatic N) is 1. The van der Waals surface area contributed by atoms with Gasteiger partial charge in [-0.25, -0.2) is 8.42 Å². The average Bonchev–Trinajstić information content (AvgIpc) is 2.80. The molecule has 21 heavy (non-hydrogen) atoms. The lowest BCUT2D eigenvalue weighted by Gasteiger charge is -2.11. The molecule has 7 nitrogen and oxygen atoms in total. The molecular weight excluding hydrogens is 362 g/mol. The highest BCUT2D eigenvalue weighted by molar-refractivity contribution is 9.10. The maximum atomic E-state index is 12.0. The number of nitrogens with two attached hydrogens (primary N) is 1. The summed E-state index contributed by atoms with van der Waals surface area (Å²) >= 11 is 3.28. The van der Waals surface area contributed by atoms with Crippen molar-refractivity contribution in [2.24, 2.45) is 16.8 Å². The third-order valence-electron chi connectivity index (χ3n) is 3.23. The molecule has 0 spiro atoms. The van der Waals surface area contributed by atoms with Gasteiger partial charge in [0.1, 0.15) is 0 Å². The molecule has 0 saturated carbocycles. The standard InChI is InChI=1S/C12H14BrN3O4S/c13-9-5-7(11(14)16-18)1-2-10(9)15-12(17)8-3-4-21(19,20)6-8/h1-2,5,8,18H,3-4,6H2,(H2,14,16)(H,15,17). The molecule has 1 heterocycles. The van der Waals surface area contributed by atoms with Gasteiger partial charge in [-0.05, 0) is 40.5 Å². The van der Waals surface area contributed by atoms with Gasteiger partial charge in [0.15, 0.2) is 15.7 Å². The van der Waals surface area contributed by atoms with Crippen molar-refractivity contribution in [2.45, 2.75) is 6.42 Å². The highest BCUT2D eigenvalue weighted by Crippen LogP contribution is 2.26. The Bertz CT molecular complexity index is 702. The first-order chi connectivity index (χ1) is 9.82. The van der Waals surface area contributed by atoms with E-state index in [1.807, 2.05) is 0 Å². The fourth-order valence-electron chi connectivity index (χ4n) is 2.07. The van der Waals surface area contributed by atoms with Crippen LogP contribution >= 0.6 is 15.9 Å². The summed E-state index contributed by atoms with van der Waals surface area (Å²) in [6.07, 6.45) is 0.341. The van der Waals surface area contributed by atoms with Crippen molar-refractivity contribution >= 4 is 43.2 Å². The quantitative estimate of drug-likeness (QED) is 0.313. The molecule has 1 aromatic rings. The van der Waals surface area contributed by atoms with Crippen LogP contribution in [0.25, 0.3) is 0 Å². The molecule has 0 radical (unpaired) electrons. The highest BCUT2D eigenvalue weighted by atomic mass is 79.9. The van der Waals surface area contributed by atoms with E-state index in [-0.39, 0.29) is 23.2 Å². The molecule has 2 rings (SSSR count). The largest absolute Gasteiger partial charge is 0.409 e. The number of halogens is 1. The molecule has 1 aliphatic heterocycles. The summed E-state index contributed by atoms with van der Waals surface area (Å²) in [7, 11) is -3.10. The number of hydrogen-bond donors (Lipinski definition) is 3. The van der Waals surface area contributed by atoms with Crippen LogP contribution in [-0.4, -0.2) is 36.9 Å². The van der Waals surface area contributed by atoms with Crippen molar-refractivity contribution in [3.05, 3.63) is 28.2 Å². The van der Waals surface area contributed by atoms with Crippen LogP contribution in [-0.2, 0) is 14.6 Å². The number of amides is 1. The zero-order valence-corrected chi connectivity index (χ0v) is 13.3. The molecule has 0 aromatic heterocycles. The van der Waals surface area contributed by atoms with Gasteiger partial charge in [0, 0.05) is 10.0 Å². The Morgan fingerprint density at radius 3 is 2.71 bits per heavy atom. The van der Waals surface area contributed by atoms with E-state index in [9.17, 15) is 13.2 Å². The zero-order valence-electron chi connectivity index (χ0n) is 10.9. The molecule has 9 heteroatoms. The van der Waals surface area contributed by atoms with Gasteiger partial charge in [-0.1, -0.05) is 5.16 Å². The lowest BCUT2D eigenvalue weighted by molar-refractivity contribution is -0.119. The van der Waals surface area contributed by atoms with Crippen LogP contribution in [0.1, 0.15) is 12.0 Å². The Morgan fingerprint density at radius 1 is 1.48 bits per heavy atom. The van der Waals surface area contributed by atoms with E-state index in [1.54, 1.807) is 18.2 Å². The predicted octanol–water partition coefficient (Wildman–Crippen LogP) is 0.917. The minimum atomic E-state index is -3.10. The normalized spacial score (nSPS) is 21.2. The number of anilines is 1. The summed E-state index contributed by atoms with van der Waals surface area (Å²) in [6, 6.07) is 4.77. The molecule has 1 atom stereocenters. The molecule has 0 aliphatic carbocycles. The molecular formula is C12H14BrN3O4S. The van der Waals surface area contributed by atoms with E-state index >= 15 is 0 Å². The first-order valence-corrected chi connectivity index (χ1v) is 8.72. The summed E-state index contributed by atoms with van der Waals surface area (Å²) in [4.78, 5) is 12.0. The van der Waals surface area contributed by atoms with Crippen LogP contribution in [0.15, 0.2) is 27.8 Å². The van der Waals surface area contributed by atoms with Crippen LogP contribution in [0.2, 0.25) is 0 Å². The first-order valence-electron chi connectivity index (χ1n) is 6.11. The molecule has 1 aromatic carbocycles. The van der Waals surface area contributed by atoms with Gasteiger partial charge in [-0.2, -0.15) is 0 Å². The molecule has 1 amide bonds. The highest BCUT2D eigenvalue weighted by Gasteiger charge is 2.33. The van der Waals surface area contributed by atoms with Crippen LogP contribution in [0.5, 0.6) is 0 Å². The Hall–Kier alpha value is -1.61. The predicted molar refractivity (Wildman–Crippen MR) is 82.0 cm³/mol. The van der Waals surface area contributed by atoms with Crippen molar-refractivity contribution in [2.75, 3.05) is 16.8 Å². The van der Waals surface area contributed by atoms with Crippen LogP contribution in [0, 0.1) is 5.92 Å². The van der Waals surface area contributed by atoms with Crippen molar-refractivity contribution in [3.63, 3.8) is 0 Å². The van der Waals surface area contributed by atoms with Gasteiger partial charge >= 0.3 is 0 Å². The van der Waals surface area contributed by atoms with Gasteiger partial charge in [-0.3, -0.25) is 4.79 Å². The molecule has 0 bridgehead atoms.